The van der Waals surface area contributed by atoms with Gasteiger partial charge in [-0.3, -0.25) is 9.59 Å². The van der Waals surface area contributed by atoms with Crippen LogP contribution in [0.1, 0.15) is 20.8 Å². The van der Waals surface area contributed by atoms with Gasteiger partial charge in [-0.25, -0.2) is 0 Å². The van der Waals surface area contributed by atoms with Crippen LogP contribution in [0.25, 0.3) is 0 Å². The Morgan fingerprint density at radius 3 is 2.50 bits per heavy atom. The van der Waals surface area contributed by atoms with Gasteiger partial charge in [0.15, 0.2) is 0 Å². The largest absolute Gasteiger partial charge is 0.342 e. The van der Waals surface area contributed by atoms with E-state index in [1.807, 2.05) is 39.0 Å². The van der Waals surface area contributed by atoms with Crippen LogP contribution >= 0.6 is 31.9 Å². The van der Waals surface area contributed by atoms with Gasteiger partial charge in [-0.15, -0.1) is 0 Å². The molecule has 0 bridgehead atoms. The number of amides is 2. The van der Waals surface area contributed by atoms with Crippen molar-refractivity contribution in [2.24, 2.45) is 5.41 Å². The molecule has 1 aromatic rings. The summed E-state index contributed by atoms with van der Waals surface area (Å²) < 4.78 is 1.65. The van der Waals surface area contributed by atoms with Crippen LogP contribution in [-0.2, 0) is 9.59 Å². The summed E-state index contributed by atoms with van der Waals surface area (Å²) in [6.45, 7) is 5.86. The Morgan fingerprint density at radius 1 is 1.25 bits per heavy atom. The van der Waals surface area contributed by atoms with Gasteiger partial charge in [0.2, 0.25) is 5.91 Å². The zero-order chi connectivity index (χ0) is 15.1. The molecular weight excluding hydrogens is 388 g/mol. The van der Waals surface area contributed by atoms with Crippen LogP contribution in [0.2, 0.25) is 0 Å². The van der Waals surface area contributed by atoms with E-state index in [0.29, 0.717) is 5.69 Å². The molecule has 0 radical (unpaired) electrons. The van der Waals surface area contributed by atoms with Crippen LogP contribution in [-0.4, -0.2) is 24.4 Å². The van der Waals surface area contributed by atoms with Crippen molar-refractivity contribution in [3.8, 4) is 0 Å². The van der Waals surface area contributed by atoms with Gasteiger partial charge in [-0.2, -0.15) is 0 Å². The lowest BCUT2D eigenvalue weighted by molar-refractivity contribution is -0.133. The number of hydrogen-bond acceptors (Lipinski definition) is 2. The zero-order valence-electron chi connectivity index (χ0n) is 11.5. The van der Waals surface area contributed by atoms with E-state index >= 15 is 0 Å². The van der Waals surface area contributed by atoms with Crippen molar-refractivity contribution in [3.63, 3.8) is 0 Å². The van der Waals surface area contributed by atoms with E-state index in [0.717, 1.165) is 8.95 Å². The first-order valence-electron chi connectivity index (χ1n) is 6.26. The molecule has 1 unspecified atom stereocenters. The maximum atomic E-state index is 12.7. The predicted octanol–water partition coefficient (Wildman–Crippen LogP) is 3.09. The van der Waals surface area contributed by atoms with Crippen molar-refractivity contribution < 1.29 is 9.59 Å². The number of carbonyl (C=O) groups excluding carboxylic acids is 2. The van der Waals surface area contributed by atoms with Crippen LogP contribution in [0.5, 0.6) is 0 Å². The van der Waals surface area contributed by atoms with Gasteiger partial charge in [-0.05, 0) is 39.5 Å². The summed E-state index contributed by atoms with van der Waals surface area (Å²) in [6.07, 6.45) is 0. The van der Waals surface area contributed by atoms with Crippen molar-refractivity contribution in [2.75, 3.05) is 11.4 Å². The Labute approximate surface area is 135 Å². The molecule has 2 amide bonds. The third-order valence-corrected chi connectivity index (χ3v) is 4.35. The highest BCUT2D eigenvalue weighted by atomic mass is 79.9. The quantitative estimate of drug-likeness (QED) is 0.783. The van der Waals surface area contributed by atoms with Crippen molar-refractivity contribution in [3.05, 3.63) is 27.1 Å². The highest BCUT2D eigenvalue weighted by molar-refractivity contribution is 9.11. The molecule has 0 spiro atoms. The molecule has 1 saturated heterocycles. The second kappa shape index (κ2) is 5.48. The number of halogens is 2. The van der Waals surface area contributed by atoms with Gasteiger partial charge in [0.25, 0.3) is 5.91 Å². The number of anilines is 1. The van der Waals surface area contributed by atoms with Crippen LogP contribution in [0, 0.1) is 5.41 Å². The number of carbonyl (C=O) groups is 2. The Morgan fingerprint density at radius 2 is 1.90 bits per heavy atom. The maximum absolute atomic E-state index is 12.7. The zero-order valence-corrected chi connectivity index (χ0v) is 14.7. The number of hydrogen-bond donors (Lipinski definition) is 1. The summed E-state index contributed by atoms with van der Waals surface area (Å²) in [6, 6.07) is 5.05. The third-order valence-electron chi connectivity index (χ3n) is 3.19. The molecular formula is C14H16Br2N2O2. The molecule has 1 fully saturated rings. The minimum atomic E-state index is -0.519. The highest BCUT2D eigenvalue weighted by Gasteiger charge is 2.40. The molecule has 1 aromatic carbocycles. The number of benzene rings is 1. The fourth-order valence-electron chi connectivity index (χ4n) is 2.13. The van der Waals surface area contributed by atoms with Crippen LogP contribution in [0.4, 0.5) is 5.69 Å². The topological polar surface area (TPSA) is 49.4 Å². The van der Waals surface area contributed by atoms with Gasteiger partial charge in [0.05, 0.1) is 5.69 Å². The van der Waals surface area contributed by atoms with E-state index in [1.165, 1.54) is 4.90 Å². The summed E-state index contributed by atoms with van der Waals surface area (Å²) in [5.74, 6) is -0.229. The summed E-state index contributed by atoms with van der Waals surface area (Å²) in [5.41, 5.74) is 0.373. The molecule has 20 heavy (non-hydrogen) atoms. The van der Waals surface area contributed by atoms with Crippen LogP contribution in [0.3, 0.4) is 0 Å². The average Bonchev–Trinajstić information content (AvgIpc) is 2.33. The molecule has 4 nitrogen and oxygen atoms in total. The molecule has 108 valence electrons. The predicted molar refractivity (Wildman–Crippen MR) is 85.6 cm³/mol. The lowest BCUT2D eigenvalue weighted by Crippen LogP contribution is -2.62. The Kier molecular flexibility index (Phi) is 4.25. The maximum Gasteiger partial charge on any atom is 0.250 e. The molecule has 0 aliphatic carbocycles. The second-order valence-electron chi connectivity index (χ2n) is 5.89. The van der Waals surface area contributed by atoms with Gasteiger partial charge in [0.1, 0.15) is 12.6 Å². The van der Waals surface area contributed by atoms with E-state index in [-0.39, 0.29) is 23.8 Å². The van der Waals surface area contributed by atoms with Gasteiger partial charge >= 0.3 is 0 Å². The van der Waals surface area contributed by atoms with Gasteiger partial charge in [-0.1, -0.05) is 36.7 Å². The van der Waals surface area contributed by atoms with E-state index in [1.54, 1.807) is 0 Å². The normalized spacial score (nSPS) is 20.1. The fraction of sp³-hybridized carbons (Fsp3) is 0.429. The molecule has 0 saturated carbocycles. The standard InChI is InChI=1S/C14H16Br2N2O2/c1-14(2,3)12-13(20)18(7-11(19)17-12)10-6-8(15)4-5-9(10)16/h4-6,12H,7H2,1-3H3,(H,17,19). The number of rotatable bonds is 1. The Balaban J connectivity index is 2.43. The van der Waals surface area contributed by atoms with E-state index < -0.39 is 6.04 Å². The first-order chi connectivity index (χ1) is 9.20. The van der Waals surface area contributed by atoms with Crippen LogP contribution < -0.4 is 10.2 Å². The molecule has 2 rings (SSSR count). The molecule has 1 N–H and O–H groups in total. The average molecular weight is 404 g/mol. The van der Waals surface area contributed by atoms with Crippen molar-refractivity contribution in [1.29, 1.82) is 0 Å². The Bertz CT molecular complexity index is 567. The summed E-state index contributed by atoms with van der Waals surface area (Å²) in [5, 5.41) is 2.78. The van der Waals surface area contributed by atoms with E-state index in [4.69, 9.17) is 0 Å². The first-order valence-corrected chi connectivity index (χ1v) is 7.84. The van der Waals surface area contributed by atoms with E-state index in [9.17, 15) is 9.59 Å². The number of nitrogens with zero attached hydrogens (tertiary/aromatic N) is 1. The Hall–Kier alpha value is -0.880. The summed E-state index contributed by atoms with van der Waals surface area (Å²) >= 11 is 6.83. The van der Waals surface area contributed by atoms with Gasteiger partial charge < -0.3 is 10.2 Å². The third kappa shape index (κ3) is 3.06. The molecule has 0 aromatic heterocycles. The molecule has 6 heteroatoms. The minimum Gasteiger partial charge on any atom is -0.342 e. The monoisotopic (exact) mass is 402 g/mol. The van der Waals surface area contributed by atoms with Crippen molar-refractivity contribution in [1.82, 2.24) is 5.32 Å². The highest BCUT2D eigenvalue weighted by Crippen LogP contribution is 2.33. The molecule has 1 aliphatic heterocycles. The second-order valence-corrected chi connectivity index (χ2v) is 7.66. The minimum absolute atomic E-state index is 0.0421. The first kappa shape index (κ1) is 15.5. The number of piperazine rings is 1. The smallest absolute Gasteiger partial charge is 0.250 e. The summed E-state index contributed by atoms with van der Waals surface area (Å²) in [7, 11) is 0. The van der Waals surface area contributed by atoms with E-state index in [2.05, 4.69) is 37.2 Å². The number of nitrogens with one attached hydrogen (secondary N) is 1. The SMILES string of the molecule is CC(C)(C)C1NC(=O)CN(c2cc(Br)ccc2Br)C1=O. The fourth-order valence-corrected chi connectivity index (χ4v) is 2.94. The van der Waals surface area contributed by atoms with Gasteiger partial charge in [0, 0.05) is 8.95 Å². The summed E-state index contributed by atoms with van der Waals surface area (Å²) in [4.78, 5) is 26.1. The molecule has 1 aliphatic rings. The van der Waals surface area contributed by atoms with Crippen molar-refractivity contribution in [2.45, 2.75) is 26.8 Å². The lowest BCUT2D eigenvalue weighted by atomic mass is 9.84. The molecule has 1 heterocycles. The molecule has 1 atom stereocenters. The lowest BCUT2D eigenvalue weighted by Gasteiger charge is -2.39. The van der Waals surface area contributed by atoms with Crippen LogP contribution in [0.15, 0.2) is 27.1 Å². The van der Waals surface area contributed by atoms with Crippen molar-refractivity contribution >= 4 is 49.4 Å².